The number of carbonyl (C=O) groups excluding carboxylic acids is 1. The van der Waals surface area contributed by atoms with Crippen LogP contribution in [0.1, 0.15) is 15.9 Å². The molecule has 0 aliphatic heterocycles. The Hall–Kier alpha value is -3.81. The first-order valence-electron chi connectivity index (χ1n) is 8.22. The van der Waals surface area contributed by atoms with E-state index in [4.69, 9.17) is 0 Å². The van der Waals surface area contributed by atoms with Crippen LogP contribution in [0.3, 0.4) is 0 Å². The van der Waals surface area contributed by atoms with Gasteiger partial charge in [0.05, 0.1) is 15.8 Å². The maximum Gasteiger partial charge on any atom is 0.270 e. The predicted molar refractivity (Wildman–Crippen MR) is 102 cm³/mol. The molecule has 27 heavy (non-hydrogen) atoms. The third-order valence-electron chi connectivity index (χ3n) is 4.32. The first kappa shape index (κ1) is 16.6. The maximum atomic E-state index is 12.5. The van der Waals surface area contributed by atoms with E-state index in [1.54, 1.807) is 11.7 Å². The second kappa shape index (κ2) is 6.17. The molecular weight excluding hydrogens is 346 g/mol. The van der Waals surface area contributed by atoms with Gasteiger partial charge < -0.3 is 5.32 Å². The minimum atomic E-state index is -0.537. The fourth-order valence-corrected chi connectivity index (χ4v) is 2.97. The molecule has 8 heteroatoms. The summed E-state index contributed by atoms with van der Waals surface area (Å²) in [6, 6.07) is 13.4. The second-order valence-electron chi connectivity index (χ2n) is 6.29. The van der Waals surface area contributed by atoms with Gasteiger partial charge in [-0.2, -0.15) is 5.10 Å². The number of hydrogen-bond acceptors (Lipinski definition) is 5. The summed E-state index contributed by atoms with van der Waals surface area (Å²) < 4.78 is 1.60. The number of nitro benzene ring substituents is 1. The van der Waals surface area contributed by atoms with E-state index in [-0.39, 0.29) is 11.3 Å². The molecule has 1 N–H and O–H groups in total. The summed E-state index contributed by atoms with van der Waals surface area (Å²) in [5.41, 5.74) is 2.64. The number of pyridine rings is 1. The molecule has 8 nitrogen and oxygen atoms in total. The molecule has 0 saturated heterocycles. The number of fused-ring (bicyclic) bond motifs is 2. The van der Waals surface area contributed by atoms with Crippen molar-refractivity contribution in [1.82, 2.24) is 14.8 Å². The Balaban J connectivity index is 1.75. The number of aromatic nitrogens is 3. The standard InChI is InChI=1S/C19H15N5O3/c1-11-6-7-12-10-15-17(22-23(2)18(15)20-16(12)8-11)21-19(25)13-4-3-5-14(9-13)24(26)27/h3-10H,1-2H3,(H,21,22,25). The van der Waals surface area contributed by atoms with Crippen molar-refractivity contribution < 1.29 is 9.72 Å². The molecule has 2 heterocycles. The van der Waals surface area contributed by atoms with Crippen molar-refractivity contribution >= 4 is 39.3 Å². The van der Waals surface area contributed by atoms with Crippen molar-refractivity contribution in [2.24, 2.45) is 7.05 Å². The van der Waals surface area contributed by atoms with Gasteiger partial charge in [0, 0.05) is 30.1 Å². The SMILES string of the molecule is Cc1ccc2cc3c(NC(=O)c4cccc([N+](=O)[O-])c4)nn(C)c3nc2c1. The van der Waals surface area contributed by atoms with Gasteiger partial charge in [0.2, 0.25) is 0 Å². The number of anilines is 1. The molecule has 134 valence electrons. The summed E-state index contributed by atoms with van der Waals surface area (Å²) in [4.78, 5) is 27.6. The van der Waals surface area contributed by atoms with Gasteiger partial charge in [-0.05, 0) is 30.7 Å². The highest BCUT2D eigenvalue weighted by atomic mass is 16.6. The Bertz CT molecular complexity index is 1230. The largest absolute Gasteiger partial charge is 0.304 e. The van der Waals surface area contributed by atoms with Gasteiger partial charge in [-0.25, -0.2) is 9.67 Å². The van der Waals surface area contributed by atoms with Crippen LogP contribution >= 0.6 is 0 Å². The van der Waals surface area contributed by atoms with E-state index in [1.807, 2.05) is 31.2 Å². The molecule has 0 atom stereocenters. The highest BCUT2D eigenvalue weighted by Crippen LogP contribution is 2.26. The molecule has 0 spiro atoms. The number of nitrogens with zero attached hydrogens (tertiary/aromatic N) is 4. The van der Waals surface area contributed by atoms with E-state index >= 15 is 0 Å². The zero-order valence-corrected chi connectivity index (χ0v) is 14.6. The highest BCUT2D eigenvalue weighted by molar-refractivity contribution is 6.09. The molecule has 0 fully saturated rings. The van der Waals surface area contributed by atoms with Crippen molar-refractivity contribution in [3.8, 4) is 0 Å². The van der Waals surface area contributed by atoms with Crippen LogP contribution in [0.15, 0.2) is 48.5 Å². The summed E-state index contributed by atoms with van der Waals surface area (Å²) in [7, 11) is 1.75. The average molecular weight is 361 g/mol. The Morgan fingerprint density at radius 2 is 2.00 bits per heavy atom. The van der Waals surface area contributed by atoms with E-state index in [9.17, 15) is 14.9 Å². The molecule has 0 saturated carbocycles. The maximum absolute atomic E-state index is 12.5. The molecule has 0 aliphatic rings. The Morgan fingerprint density at radius 3 is 2.78 bits per heavy atom. The van der Waals surface area contributed by atoms with Crippen LogP contribution in [0.2, 0.25) is 0 Å². The lowest BCUT2D eigenvalue weighted by Crippen LogP contribution is -2.13. The number of rotatable bonds is 3. The second-order valence-corrected chi connectivity index (χ2v) is 6.29. The quantitative estimate of drug-likeness (QED) is 0.444. The zero-order valence-electron chi connectivity index (χ0n) is 14.6. The molecule has 0 aliphatic carbocycles. The number of hydrogen-bond donors (Lipinski definition) is 1. The summed E-state index contributed by atoms with van der Waals surface area (Å²) in [5, 5.41) is 19.6. The number of benzene rings is 2. The zero-order chi connectivity index (χ0) is 19.1. The molecule has 2 aromatic carbocycles. The van der Waals surface area contributed by atoms with Crippen LogP contribution in [-0.2, 0) is 7.05 Å². The van der Waals surface area contributed by atoms with Crippen molar-refractivity contribution in [3.05, 3.63) is 69.8 Å². The van der Waals surface area contributed by atoms with Gasteiger partial charge in [-0.15, -0.1) is 0 Å². The number of nitrogens with one attached hydrogen (secondary N) is 1. The molecule has 4 aromatic rings. The fraction of sp³-hybridized carbons (Fsp3) is 0.105. The lowest BCUT2D eigenvalue weighted by atomic mass is 10.1. The number of carbonyl (C=O) groups is 1. The first-order chi connectivity index (χ1) is 12.9. The van der Waals surface area contributed by atoms with Crippen molar-refractivity contribution in [1.29, 1.82) is 0 Å². The number of amides is 1. The Morgan fingerprint density at radius 1 is 1.19 bits per heavy atom. The molecule has 0 radical (unpaired) electrons. The molecule has 1 amide bonds. The topological polar surface area (TPSA) is 103 Å². The van der Waals surface area contributed by atoms with Crippen LogP contribution in [0.4, 0.5) is 11.5 Å². The number of aryl methyl sites for hydroxylation is 2. The third-order valence-corrected chi connectivity index (χ3v) is 4.32. The third kappa shape index (κ3) is 2.97. The summed E-state index contributed by atoms with van der Waals surface area (Å²) in [6.45, 7) is 2.00. The van der Waals surface area contributed by atoms with E-state index in [0.29, 0.717) is 16.9 Å². The summed E-state index contributed by atoms with van der Waals surface area (Å²) in [5.74, 6) is -0.110. The molecule has 0 unspecified atom stereocenters. The van der Waals surface area contributed by atoms with Crippen LogP contribution in [0.5, 0.6) is 0 Å². The van der Waals surface area contributed by atoms with Gasteiger partial charge in [-0.3, -0.25) is 14.9 Å². The van der Waals surface area contributed by atoms with Gasteiger partial charge in [0.25, 0.3) is 11.6 Å². The minimum absolute atomic E-state index is 0.142. The van der Waals surface area contributed by atoms with Gasteiger partial charge in [0.1, 0.15) is 0 Å². The van der Waals surface area contributed by atoms with E-state index < -0.39 is 10.8 Å². The number of nitro groups is 1. The van der Waals surface area contributed by atoms with E-state index in [0.717, 1.165) is 16.5 Å². The van der Waals surface area contributed by atoms with Crippen molar-refractivity contribution in [2.75, 3.05) is 5.32 Å². The van der Waals surface area contributed by atoms with Crippen LogP contribution in [-0.4, -0.2) is 25.6 Å². The van der Waals surface area contributed by atoms with Gasteiger partial charge >= 0.3 is 0 Å². The fourth-order valence-electron chi connectivity index (χ4n) is 2.97. The molecule has 0 bridgehead atoms. The Labute approximate surface area is 153 Å². The lowest BCUT2D eigenvalue weighted by Gasteiger charge is -2.03. The van der Waals surface area contributed by atoms with Gasteiger partial charge in [0.15, 0.2) is 11.5 Å². The monoisotopic (exact) mass is 361 g/mol. The smallest absolute Gasteiger partial charge is 0.270 e. The predicted octanol–water partition coefficient (Wildman–Crippen LogP) is 3.59. The molecule has 2 aromatic heterocycles. The number of non-ortho nitro benzene ring substituents is 1. The summed E-state index contributed by atoms with van der Waals surface area (Å²) >= 11 is 0. The Kier molecular flexibility index (Phi) is 3.80. The summed E-state index contributed by atoms with van der Waals surface area (Å²) in [6.07, 6.45) is 0. The normalized spacial score (nSPS) is 11.0. The lowest BCUT2D eigenvalue weighted by molar-refractivity contribution is -0.384. The van der Waals surface area contributed by atoms with Crippen LogP contribution in [0.25, 0.3) is 21.9 Å². The van der Waals surface area contributed by atoms with Crippen molar-refractivity contribution in [2.45, 2.75) is 6.92 Å². The van der Waals surface area contributed by atoms with E-state index in [1.165, 1.54) is 24.3 Å². The highest BCUT2D eigenvalue weighted by Gasteiger charge is 2.16. The van der Waals surface area contributed by atoms with Crippen LogP contribution in [0, 0.1) is 17.0 Å². The van der Waals surface area contributed by atoms with E-state index in [2.05, 4.69) is 15.4 Å². The van der Waals surface area contributed by atoms with Crippen LogP contribution < -0.4 is 5.32 Å². The first-order valence-corrected chi connectivity index (χ1v) is 8.22. The molecule has 4 rings (SSSR count). The minimum Gasteiger partial charge on any atom is -0.304 e. The molecular formula is C19H15N5O3. The average Bonchev–Trinajstić information content (AvgIpc) is 2.95. The van der Waals surface area contributed by atoms with Gasteiger partial charge in [-0.1, -0.05) is 18.2 Å². The van der Waals surface area contributed by atoms with Crippen molar-refractivity contribution in [3.63, 3.8) is 0 Å².